The van der Waals surface area contributed by atoms with Gasteiger partial charge in [0.2, 0.25) is 5.91 Å². The lowest BCUT2D eigenvalue weighted by Gasteiger charge is -2.26. The normalized spacial score (nSPS) is 18.6. The minimum Gasteiger partial charge on any atom is -0.452 e. The maximum atomic E-state index is 12.0. The van der Waals surface area contributed by atoms with Crippen LogP contribution in [0.25, 0.3) is 0 Å². The first-order valence-electron chi connectivity index (χ1n) is 8.88. The molecule has 2 aliphatic rings. The van der Waals surface area contributed by atoms with Gasteiger partial charge in [0, 0.05) is 25.7 Å². The molecular weight excluding hydrogens is 324 g/mol. The van der Waals surface area contributed by atoms with Gasteiger partial charge < -0.3 is 9.64 Å². The van der Waals surface area contributed by atoms with E-state index in [9.17, 15) is 14.4 Å². The zero-order valence-electron chi connectivity index (χ0n) is 14.4. The van der Waals surface area contributed by atoms with Crippen LogP contribution in [0, 0.1) is 0 Å². The Labute approximate surface area is 146 Å². The van der Waals surface area contributed by atoms with Crippen LogP contribution in [0.2, 0.25) is 0 Å². The lowest BCUT2D eigenvalue weighted by Crippen LogP contribution is -2.35. The van der Waals surface area contributed by atoms with Gasteiger partial charge >= 0.3 is 5.97 Å². The Hall–Kier alpha value is -2.22. The van der Waals surface area contributed by atoms with E-state index >= 15 is 0 Å². The van der Waals surface area contributed by atoms with E-state index in [-0.39, 0.29) is 5.91 Å². The first-order chi connectivity index (χ1) is 12.1. The van der Waals surface area contributed by atoms with Crippen molar-refractivity contribution in [2.24, 2.45) is 0 Å². The Morgan fingerprint density at radius 1 is 1.08 bits per heavy atom. The zero-order chi connectivity index (χ0) is 17.6. The molecule has 0 saturated carbocycles. The molecule has 3 heterocycles. The smallest absolute Gasteiger partial charge is 0.341 e. The molecule has 2 aliphatic heterocycles. The second-order valence-corrected chi connectivity index (χ2v) is 6.51. The molecule has 0 unspecified atom stereocenters. The van der Waals surface area contributed by atoms with Gasteiger partial charge in [-0.1, -0.05) is 6.42 Å². The Balaban J connectivity index is 1.43. The zero-order valence-corrected chi connectivity index (χ0v) is 14.4. The number of amides is 2. The van der Waals surface area contributed by atoms with Crippen molar-refractivity contribution in [3.05, 3.63) is 18.0 Å². The van der Waals surface area contributed by atoms with Crippen LogP contribution in [-0.4, -0.2) is 70.1 Å². The number of carbonyl (C=O) groups excluding carboxylic acids is 3. The molecule has 0 N–H and O–H groups in total. The number of hydrogen-bond donors (Lipinski definition) is 0. The SMILES string of the molecule is O=C(OCC(=O)N1CCCC1=O)c1cnn(CCN2CCCCC2)c1. The summed E-state index contributed by atoms with van der Waals surface area (Å²) in [5.41, 5.74) is 0.319. The lowest BCUT2D eigenvalue weighted by molar-refractivity contribution is -0.143. The number of imide groups is 1. The maximum absolute atomic E-state index is 12.0. The largest absolute Gasteiger partial charge is 0.452 e. The van der Waals surface area contributed by atoms with Crippen molar-refractivity contribution in [3.8, 4) is 0 Å². The summed E-state index contributed by atoms with van der Waals surface area (Å²) in [6.07, 6.45) is 7.91. The second-order valence-electron chi connectivity index (χ2n) is 6.51. The fourth-order valence-corrected chi connectivity index (χ4v) is 3.22. The Bertz CT molecular complexity index is 636. The summed E-state index contributed by atoms with van der Waals surface area (Å²) in [5.74, 6) is -1.26. The van der Waals surface area contributed by atoms with Crippen LogP contribution >= 0.6 is 0 Å². The predicted molar refractivity (Wildman–Crippen MR) is 88.8 cm³/mol. The van der Waals surface area contributed by atoms with Gasteiger partial charge in [-0.3, -0.25) is 19.2 Å². The van der Waals surface area contributed by atoms with Crippen LogP contribution in [0.3, 0.4) is 0 Å². The van der Waals surface area contributed by atoms with E-state index in [1.807, 2.05) is 0 Å². The highest BCUT2D eigenvalue weighted by Gasteiger charge is 2.27. The molecule has 8 nitrogen and oxygen atoms in total. The molecule has 2 saturated heterocycles. The Morgan fingerprint density at radius 3 is 2.60 bits per heavy atom. The average molecular weight is 348 g/mol. The van der Waals surface area contributed by atoms with Crippen LogP contribution in [0.4, 0.5) is 0 Å². The van der Waals surface area contributed by atoms with E-state index in [2.05, 4.69) is 10.00 Å². The topological polar surface area (TPSA) is 84.7 Å². The summed E-state index contributed by atoms with van der Waals surface area (Å²) in [6, 6.07) is 0. The van der Waals surface area contributed by atoms with Crippen molar-refractivity contribution in [2.75, 3.05) is 32.8 Å². The first-order valence-corrected chi connectivity index (χ1v) is 8.88. The van der Waals surface area contributed by atoms with E-state index in [0.717, 1.165) is 24.5 Å². The number of likely N-dealkylation sites (tertiary alicyclic amines) is 2. The molecule has 2 amide bonds. The van der Waals surface area contributed by atoms with Crippen LogP contribution in [0.15, 0.2) is 12.4 Å². The van der Waals surface area contributed by atoms with E-state index in [1.165, 1.54) is 25.5 Å². The first kappa shape index (κ1) is 17.6. The van der Waals surface area contributed by atoms with E-state index in [4.69, 9.17) is 4.74 Å². The number of hydrogen-bond acceptors (Lipinski definition) is 6. The molecule has 1 aromatic rings. The summed E-state index contributed by atoms with van der Waals surface area (Å²) < 4.78 is 6.73. The number of rotatable bonds is 6. The van der Waals surface area contributed by atoms with Crippen LogP contribution < -0.4 is 0 Å². The summed E-state index contributed by atoms with van der Waals surface area (Å²) in [4.78, 5) is 38.9. The number of piperidine rings is 1. The molecule has 25 heavy (non-hydrogen) atoms. The second kappa shape index (κ2) is 8.24. The number of esters is 1. The standard InChI is InChI=1S/C17H24N4O4/c22-15-5-4-8-21(15)16(23)13-25-17(24)14-11-18-20(12-14)10-9-19-6-2-1-3-7-19/h11-12H,1-10,13H2. The quantitative estimate of drug-likeness (QED) is 0.703. The van der Waals surface area contributed by atoms with Crippen molar-refractivity contribution < 1.29 is 19.1 Å². The van der Waals surface area contributed by atoms with Gasteiger partial charge in [-0.25, -0.2) is 4.79 Å². The Morgan fingerprint density at radius 2 is 1.88 bits per heavy atom. The van der Waals surface area contributed by atoms with Gasteiger partial charge in [0.1, 0.15) is 0 Å². The molecule has 2 fully saturated rings. The summed E-state index contributed by atoms with van der Waals surface area (Å²) in [6.45, 7) is 3.86. The summed E-state index contributed by atoms with van der Waals surface area (Å²) in [7, 11) is 0. The van der Waals surface area contributed by atoms with Gasteiger partial charge in [0.05, 0.1) is 18.3 Å². The molecule has 0 spiro atoms. The van der Waals surface area contributed by atoms with Crippen LogP contribution in [-0.2, 0) is 20.9 Å². The van der Waals surface area contributed by atoms with E-state index < -0.39 is 18.5 Å². The number of ether oxygens (including phenoxy) is 1. The van der Waals surface area contributed by atoms with Crippen LogP contribution in [0.5, 0.6) is 0 Å². The highest BCUT2D eigenvalue weighted by atomic mass is 16.5. The maximum Gasteiger partial charge on any atom is 0.341 e. The summed E-state index contributed by atoms with van der Waals surface area (Å²) >= 11 is 0. The molecule has 3 rings (SSSR count). The Kier molecular flexibility index (Phi) is 5.80. The van der Waals surface area contributed by atoms with Gasteiger partial charge in [-0.05, 0) is 32.4 Å². The average Bonchev–Trinajstić information content (AvgIpc) is 3.27. The minimum absolute atomic E-state index is 0.202. The monoisotopic (exact) mass is 348 g/mol. The third-order valence-corrected chi connectivity index (χ3v) is 4.66. The number of aromatic nitrogens is 2. The van der Waals surface area contributed by atoms with Gasteiger partial charge in [-0.2, -0.15) is 5.10 Å². The van der Waals surface area contributed by atoms with Gasteiger partial charge in [0.25, 0.3) is 5.91 Å². The molecule has 1 aromatic heterocycles. The molecule has 0 atom stereocenters. The molecule has 8 heteroatoms. The minimum atomic E-state index is -0.593. The van der Waals surface area contributed by atoms with Crippen molar-refractivity contribution in [3.63, 3.8) is 0 Å². The van der Waals surface area contributed by atoms with E-state index in [1.54, 1.807) is 10.9 Å². The lowest BCUT2D eigenvalue weighted by atomic mass is 10.1. The molecule has 0 aromatic carbocycles. The van der Waals surface area contributed by atoms with E-state index in [0.29, 0.717) is 31.5 Å². The number of nitrogens with zero attached hydrogens (tertiary/aromatic N) is 4. The fourth-order valence-electron chi connectivity index (χ4n) is 3.22. The van der Waals surface area contributed by atoms with Crippen molar-refractivity contribution in [1.82, 2.24) is 19.6 Å². The molecule has 0 radical (unpaired) electrons. The van der Waals surface area contributed by atoms with Crippen molar-refractivity contribution >= 4 is 17.8 Å². The van der Waals surface area contributed by atoms with Crippen molar-refractivity contribution in [2.45, 2.75) is 38.6 Å². The van der Waals surface area contributed by atoms with Crippen LogP contribution in [0.1, 0.15) is 42.5 Å². The molecule has 136 valence electrons. The highest BCUT2D eigenvalue weighted by Crippen LogP contribution is 2.11. The highest BCUT2D eigenvalue weighted by molar-refractivity contribution is 5.98. The third-order valence-electron chi connectivity index (χ3n) is 4.66. The van der Waals surface area contributed by atoms with Crippen molar-refractivity contribution in [1.29, 1.82) is 0 Å². The third kappa shape index (κ3) is 4.66. The van der Waals surface area contributed by atoms with Gasteiger partial charge in [0.15, 0.2) is 6.61 Å². The molecular formula is C17H24N4O4. The van der Waals surface area contributed by atoms with Gasteiger partial charge in [-0.15, -0.1) is 0 Å². The molecule has 0 aliphatic carbocycles. The fraction of sp³-hybridized carbons (Fsp3) is 0.647. The number of carbonyl (C=O) groups is 3. The predicted octanol–water partition coefficient (Wildman–Crippen LogP) is 0.675. The summed E-state index contributed by atoms with van der Waals surface area (Å²) in [5, 5.41) is 4.18. The molecule has 0 bridgehead atoms.